The van der Waals surface area contributed by atoms with Gasteiger partial charge in [0, 0.05) is 44.3 Å². The average molecular weight is 483 g/mol. The van der Waals surface area contributed by atoms with Crippen LogP contribution in [-0.4, -0.2) is 28.1 Å². The van der Waals surface area contributed by atoms with Crippen molar-refractivity contribution in [2.75, 3.05) is 13.1 Å². The van der Waals surface area contributed by atoms with Gasteiger partial charge in [0.15, 0.2) is 0 Å². The number of likely N-dealkylation sites (tertiary alicyclic amines) is 1. The minimum absolute atomic E-state index is 0.132. The summed E-state index contributed by atoms with van der Waals surface area (Å²) in [6.07, 6.45) is 2.35. The molecule has 1 saturated heterocycles. The smallest absolute Gasteiger partial charge is 0.123 e. The first-order valence-electron chi connectivity index (χ1n) is 12.0. The summed E-state index contributed by atoms with van der Waals surface area (Å²) < 4.78 is 0. The number of hydrogen-bond acceptors (Lipinski definition) is 5. The van der Waals surface area contributed by atoms with Gasteiger partial charge in [0.05, 0.1) is 10.7 Å². The van der Waals surface area contributed by atoms with Crippen molar-refractivity contribution in [2.24, 2.45) is 0 Å². The topological polar surface area (TPSA) is 36.4 Å². The molecule has 2 aromatic heterocycles. The Balaban J connectivity index is 1.53. The number of phenolic OH excluding ortho intramolecular Hbond substituents is 1. The minimum atomic E-state index is -0.132. The van der Waals surface area contributed by atoms with E-state index < -0.39 is 0 Å². The van der Waals surface area contributed by atoms with E-state index in [9.17, 15) is 5.11 Å². The standard InChI is InChI=1S/C28H38N2OS2/c1-18-8-9-21(33-18)16-30-12-10-19(11-13-30)26-29-24(17-32-26)20-14-22(27(2,3)4)25(31)23(15-20)28(5,6)7/h8-9,14-15,17,19,31H,10-13,16H2,1-7H3. The van der Waals surface area contributed by atoms with Gasteiger partial charge in [0.25, 0.3) is 0 Å². The van der Waals surface area contributed by atoms with E-state index in [4.69, 9.17) is 4.98 Å². The molecule has 3 aromatic rings. The fourth-order valence-corrected chi connectivity index (χ4v) is 6.60. The molecule has 0 amide bonds. The van der Waals surface area contributed by atoms with Gasteiger partial charge < -0.3 is 5.11 Å². The van der Waals surface area contributed by atoms with Crippen molar-refractivity contribution >= 4 is 22.7 Å². The lowest BCUT2D eigenvalue weighted by Crippen LogP contribution is -2.32. The molecular weight excluding hydrogens is 444 g/mol. The monoisotopic (exact) mass is 482 g/mol. The van der Waals surface area contributed by atoms with E-state index in [1.807, 2.05) is 11.3 Å². The van der Waals surface area contributed by atoms with Crippen LogP contribution in [0.4, 0.5) is 0 Å². The molecule has 1 N–H and O–H groups in total. The van der Waals surface area contributed by atoms with Gasteiger partial charge in [-0.3, -0.25) is 4.90 Å². The molecule has 178 valence electrons. The summed E-state index contributed by atoms with van der Waals surface area (Å²) in [7, 11) is 0. The minimum Gasteiger partial charge on any atom is -0.507 e. The van der Waals surface area contributed by atoms with Crippen LogP contribution in [0.3, 0.4) is 0 Å². The van der Waals surface area contributed by atoms with Gasteiger partial charge in [0.1, 0.15) is 5.75 Å². The zero-order valence-electron chi connectivity index (χ0n) is 21.2. The number of rotatable bonds is 4. The second kappa shape index (κ2) is 9.16. The summed E-state index contributed by atoms with van der Waals surface area (Å²) in [6.45, 7) is 18.5. The molecule has 0 atom stereocenters. The van der Waals surface area contributed by atoms with E-state index in [1.165, 1.54) is 27.6 Å². The number of aromatic hydroxyl groups is 1. The van der Waals surface area contributed by atoms with Gasteiger partial charge in [-0.25, -0.2) is 4.98 Å². The van der Waals surface area contributed by atoms with Crippen LogP contribution in [0.2, 0.25) is 0 Å². The second-order valence-electron chi connectivity index (χ2n) is 11.6. The molecule has 1 aromatic carbocycles. The van der Waals surface area contributed by atoms with E-state index in [2.05, 4.69) is 83.0 Å². The Labute approximate surface area is 207 Å². The highest BCUT2D eigenvalue weighted by Gasteiger charge is 2.28. The van der Waals surface area contributed by atoms with Crippen molar-refractivity contribution in [1.29, 1.82) is 0 Å². The predicted molar refractivity (Wildman–Crippen MR) is 143 cm³/mol. The van der Waals surface area contributed by atoms with Crippen molar-refractivity contribution < 1.29 is 5.11 Å². The van der Waals surface area contributed by atoms with E-state index in [0.29, 0.717) is 11.7 Å². The van der Waals surface area contributed by atoms with Crippen LogP contribution in [0.15, 0.2) is 29.6 Å². The first kappa shape index (κ1) is 24.4. The Hall–Kier alpha value is -1.69. The van der Waals surface area contributed by atoms with Crippen LogP contribution < -0.4 is 0 Å². The normalized spacial score (nSPS) is 16.5. The number of hydrogen-bond donors (Lipinski definition) is 1. The quantitative estimate of drug-likeness (QED) is 0.411. The lowest BCUT2D eigenvalue weighted by molar-refractivity contribution is 0.206. The van der Waals surface area contributed by atoms with Crippen LogP contribution in [0.1, 0.15) is 86.2 Å². The zero-order valence-corrected chi connectivity index (χ0v) is 22.8. The molecule has 4 rings (SSSR count). The fraction of sp³-hybridized carbons (Fsp3) is 0.536. The molecule has 0 radical (unpaired) electrons. The third-order valence-corrected chi connectivity index (χ3v) is 8.65. The van der Waals surface area contributed by atoms with E-state index in [1.54, 1.807) is 11.3 Å². The number of aromatic nitrogens is 1. The molecule has 0 aliphatic carbocycles. The van der Waals surface area contributed by atoms with Crippen LogP contribution in [0.25, 0.3) is 11.3 Å². The largest absolute Gasteiger partial charge is 0.507 e. The van der Waals surface area contributed by atoms with Gasteiger partial charge in [0.2, 0.25) is 0 Å². The van der Waals surface area contributed by atoms with E-state index in [0.717, 1.165) is 42.0 Å². The lowest BCUT2D eigenvalue weighted by atomic mass is 9.78. The number of phenols is 1. The van der Waals surface area contributed by atoms with Crippen molar-refractivity contribution in [1.82, 2.24) is 9.88 Å². The number of thiophene rings is 1. The number of piperidine rings is 1. The molecule has 0 unspecified atom stereocenters. The molecule has 1 aliphatic heterocycles. The van der Waals surface area contributed by atoms with Gasteiger partial charge >= 0.3 is 0 Å². The van der Waals surface area contributed by atoms with Crippen molar-refractivity contribution in [3.8, 4) is 17.0 Å². The highest BCUT2D eigenvalue weighted by Crippen LogP contribution is 2.42. The maximum Gasteiger partial charge on any atom is 0.123 e. The van der Waals surface area contributed by atoms with E-state index >= 15 is 0 Å². The Morgan fingerprint density at radius 2 is 1.61 bits per heavy atom. The Morgan fingerprint density at radius 1 is 1.00 bits per heavy atom. The molecule has 0 bridgehead atoms. The molecular formula is C28H38N2OS2. The van der Waals surface area contributed by atoms with Gasteiger partial charge in [-0.15, -0.1) is 22.7 Å². The van der Waals surface area contributed by atoms with Crippen molar-refractivity contribution in [3.05, 3.63) is 55.5 Å². The third-order valence-electron chi connectivity index (χ3n) is 6.66. The van der Waals surface area contributed by atoms with Gasteiger partial charge in [-0.1, -0.05) is 41.5 Å². The maximum atomic E-state index is 11.1. The molecule has 0 saturated carbocycles. The third kappa shape index (κ3) is 5.52. The first-order valence-corrected chi connectivity index (χ1v) is 13.7. The number of aryl methyl sites for hydroxylation is 1. The number of nitrogens with zero attached hydrogens (tertiary/aromatic N) is 2. The lowest BCUT2D eigenvalue weighted by Gasteiger charge is -2.30. The molecule has 1 aliphatic rings. The highest BCUT2D eigenvalue weighted by molar-refractivity contribution is 7.11. The molecule has 3 nitrogen and oxygen atoms in total. The number of benzene rings is 1. The van der Waals surface area contributed by atoms with Crippen LogP contribution in [0.5, 0.6) is 5.75 Å². The summed E-state index contributed by atoms with van der Waals surface area (Å²) in [6, 6.07) is 8.79. The summed E-state index contributed by atoms with van der Waals surface area (Å²) in [5.74, 6) is 0.980. The maximum absolute atomic E-state index is 11.1. The molecule has 1 fully saturated rings. The molecule has 3 heterocycles. The summed E-state index contributed by atoms with van der Waals surface area (Å²) in [5, 5.41) is 14.5. The highest BCUT2D eigenvalue weighted by atomic mass is 32.1. The molecule has 0 spiro atoms. The Morgan fingerprint density at radius 3 is 2.12 bits per heavy atom. The van der Waals surface area contributed by atoms with Gasteiger partial charge in [-0.2, -0.15) is 0 Å². The SMILES string of the molecule is Cc1ccc(CN2CCC(c3nc(-c4cc(C(C)(C)C)c(O)c(C(C)(C)C)c4)cs3)CC2)s1. The predicted octanol–water partition coefficient (Wildman–Crippen LogP) is 7.86. The van der Waals surface area contributed by atoms with E-state index in [-0.39, 0.29) is 10.8 Å². The summed E-state index contributed by atoms with van der Waals surface area (Å²) >= 11 is 3.72. The van der Waals surface area contributed by atoms with Crippen molar-refractivity contribution in [3.63, 3.8) is 0 Å². The Kier molecular flexibility index (Phi) is 6.78. The first-order chi connectivity index (χ1) is 15.4. The van der Waals surface area contributed by atoms with Crippen LogP contribution >= 0.6 is 22.7 Å². The van der Waals surface area contributed by atoms with Gasteiger partial charge in [-0.05, 0) is 68.0 Å². The summed E-state index contributed by atoms with van der Waals surface area (Å²) in [4.78, 5) is 10.6. The molecule has 5 heteroatoms. The average Bonchev–Trinajstić information content (AvgIpc) is 3.36. The zero-order chi connectivity index (χ0) is 24.0. The second-order valence-corrected chi connectivity index (χ2v) is 13.8. The fourth-order valence-electron chi connectivity index (χ4n) is 4.66. The van der Waals surface area contributed by atoms with Crippen LogP contribution in [0, 0.1) is 6.92 Å². The van der Waals surface area contributed by atoms with Crippen molar-refractivity contribution in [2.45, 2.75) is 84.6 Å². The molecule has 33 heavy (non-hydrogen) atoms. The summed E-state index contributed by atoms with van der Waals surface area (Å²) in [5.41, 5.74) is 3.89. The van der Waals surface area contributed by atoms with Crippen LogP contribution in [-0.2, 0) is 17.4 Å². The number of thiazole rings is 1. The Bertz CT molecular complexity index is 1070.